The van der Waals surface area contributed by atoms with Gasteiger partial charge in [-0.15, -0.1) is 0 Å². The maximum Gasteiger partial charge on any atom is 0.446 e. The summed E-state index contributed by atoms with van der Waals surface area (Å²) in [5, 5.41) is -0.854. The Balaban J connectivity index is 3.06. The van der Waals surface area contributed by atoms with Crippen LogP contribution in [0.1, 0.15) is 0 Å². The predicted octanol–water partition coefficient (Wildman–Crippen LogP) is 4.23. The lowest BCUT2D eigenvalue weighted by Crippen LogP contribution is -2.00. The van der Waals surface area contributed by atoms with E-state index in [2.05, 4.69) is 0 Å². The first kappa shape index (κ1) is 11.6. The molecule has 0 amide bonds. The van der Waals surface area contributed by atoms with Crippen molar-refractivity contribution in [2.24, 2.45) is 0 Å². The van der Waals surface area contributed by atoms with Gasteiger partial charge in [0.25, 0.3) is 0 Å². The van der Waals surface area contributed by atoms with E-state index in [1.807, 2.05) is 0 Å². The summed E-state index contributed by atoms with van der Waals surface area (Å²) in [6, 6.07) is 1.37. The third-order valence-electron chi connectivity index (χ3n) is 1.23. The Hall–Kier alpha value is -0.490. The number of thioether (sulfide) groups is 1. The molecule has 0 bridgehead atoms. The normalized spacial score (nSPS) is 11.9. The second-order valence-corrected chi connectivity index (χ2v) is 3.71. The van der Waals surface area contributed by atoms with Crippen molar-refractivity contribution in [3.8, 4) is 0 Å². The minimum absolute atomic E-state index is 0.557. The Morgan fingerprint density at radius 2 is 1.71 bits per heavy atom. The molecule has 0 spiro atoms. The number of halogens is 6. The number of rotatable bonds is 1. The minimum Gasteiger partial charge on any atom is -0.204 e. The predicted molar refractivity (Wildman–Crippen MR) is 43.3 cm³/mol. The average molecular weight is 249 g/mol. The van der Waals surface area contributed by atoms with Gasteiger partial charge in [-0.05, 0) is 23.9 Å². The van der Waals surface area contributed by atoms with Crippen LogP contribution in [0.3, 0.4) is 0 Å². The monoisotopic (exact) mass is 248 g/mol. The molecule has 0 unspecified atom stereocenters. The summed E-state index contributed by atoms with van der Waals surface area (Å²) >= 11 is 4.58. The smallest absolute Gasteiger partial charge is 0.204 e. The van der Waals surface area contributed by atoms with E-state index in [9.17, 15) is 22.0 Å². The molecule has 0 saturated carbocycles. The van der Waals surface area contributed by atoms with Crippen molar-refractivity contribution in [2.75, 3.05) is 0 Å². The zero-order chi connectivity index (χ0) is 10.9. The fourth-order valence-electron chi connectivity index (χ4n) is 0.712. The molecule has 1 rings (SSSR count). The Morgan fingerprint density at radius 1 is 1.14 bits per heavy atom. The Kier molecular flexibility index (Phi) is 3.26. The molecule has 78 valence electrons. The maximum absolute atomic E-state index is 12.7. The molecule has 1 aromatic rings. The van der Waals surface area contributed by atoms with E-state index >= 15 is 0 Å². The lowest BCUT2D eigenvalue weighted by atomic mass is 10.3. The molecule has 0 saturated heterocycles. The lowest BCUT2D eigenvalue weighted by Gasteiger charge is -2.07. The maximum atomic E-state index is 12.7. The molecular formula is C7H2ClF5S. The molecule has 0 aliphatic heterocycles. The Labute approximate surface area is 85.1 Å². The van der Waals surface area contributed by atoms with Crippen LogP contribution in [0.2, 0.25) is 5.02 Å². The van der Waals surface area contributed by atoms with Gasteiger partial charge in [0.05, 0.1) is 5.02 Å². The van der Waals surface area contributed by atoms with Crippen molar-refractivity contribution in [3.63, 3.8) is 0 Å². The topological polar surface area (TPSA) is 0 Å². The molecule has 0 heterocycles. The molecule has 14 heavy (non-hydrogen) atoms. The summed E-state index contributed by atoms with van der Waals surface area (Å²) in [6.45, 7) is 0. The van der Waals surface area contributed by atoms with Gasteiger partial charge in [0.15, 0.2) is 11.6 Å². The van der Waals surface area contributed by atoms with Crippen LogP contribution in [-0.2, 0) is 0 Å². The van der Waals surface area contributed by atoms with E-state index in [1.165, 1.54) is 0 Å². The van der Waals surface area contributed by atoms with Crippen LogP contribution < -0.4 is 0 Å². The summed E-state index contributed by atoms with van der Waals surface area (Å²) in [7, 11) is 0. The van der Waals surface area contributed by atoms with E-state index < -0.39 is 38.8 Å². The summed E-state index contributed by atoms with van der Waals surface area (Å²) in [5.41, 5.74) is -4.58. The molecular weight excluding hydrogens is 247 g/mol. The molecule has 0 radical (unpaired) electrons. The van der Waals surface area contributed by atoms with Gasteiger partial charge in [0.1, 0.15) is 0 Å². The second kappa shape index (κ2) is 3.94. The summed E-state index contributed by atoms with van der Waals surface area (Å²) in [5.74, 6) is -2.75. The SMILES string of the molecule is Fc1ccc(SC(F)(F)F)c(Cl)c1F. The molecule has 0 aromatic heterocycles. The zero-order valence-electron chi connectivity index (χ0n) is 6.33. The van der Waals surface area contributed by atoms with Crippen LogP contribution in [0.15, 0.2) is 17.0 Å². The van der Waals surface area contributed by atoms with E-state index in [1.54, 1.807) is 0 Å². The van der Waals surface area contributed by atoms with Crippen molar-refractivity contribution in [2.45, 2.75) is 10.4 Å². The first-order valence-electron chi connectivity index (χ1n) is 3.20. The quantitative estimate of drug-likeness (QED) is 0.407. The summed E-state index contributed by atoms with van der Waals surface area (Å²) in [6.07, 6.45) is 0. The van der Waals surface area contributed by atoms with E-state index in [0.717, 1.165) is 6.07 Å². The zero-order valence-corrected chi connectivity index (χ0v) is 7.90. The van der Waals surface area contributed by atoms with Crippen molar-refractivity contribution in [1.82, 2.24) is 0 Å². The van der Waals surface area contributed by atoms with Gasteiger partial charge in [0.2, 0.25) is 0 Å². The Morgan fingerprint density at radius 3 is 2.21 bits per heavy atom. The van der Waals surface area contributed by atoms with Crippen LogP contribution >= 0.6 is 23.4 Å². The molecule has 0 nitrogen and oxygen atoms in total. The number of hydrogen-bond donors (Lipinski definition) is 0. The van der Waals surface area contributed by atoms with Crippen molar-refractivity contribution in [3.05, 3.63) is 28.8 Å². The Bertz CT molecular complexity index is 349. The first-order chi connectivity index (χ1) is 6.31. The van der Waals surface area contributed by atoms with Crippen LogP contribution in [0.25, 0.3) is 0 Å². The molecule has 0 aliphatic rings. The summed E-state index contributed by atoms with van der Waals surface area (Å²) < 4.78 is 60.6. The molecule has 0 atom stereocenters. The fraction of sp³-hybridized carbons (Fsp3) is 0.143. The number of benzene rings is 1. The van der Waals surface area contributed by atoms with E-state index in [0.29, 0.717) is 6.07 Å². The van der Waals surface area contributed by atoms with Gasteiger partial charge in [-0.3, -0.25) is 0 Å². The van der Waals surface area contributed by atoms with Gasteiger partial charge < -0.3 is 0 Å². The largest absolute Gasteiger partial charge is 0.446 e. The average Bonchev–Trinajstić information content (AvgIpc) is 2.04. The third kappa shape index (κ3) is 2.75. The van der Waals surface area contributed by atoms with Crippen LogP contribution in [0, 0.1) is 11.6 Å². The van der Waals surface area contributed by atoms with Crippen molar-refractivity contribution < 1.29 is 22.0 Å². The van der Waals surface area contributed by atoms with Gasteiger partial charge in [0, 0.05) is 4.90 Å². The van der Waals surface area contributed by atoms with E-state index in [-0.39, 0.29) is 0 Å². The van der Waals surface area contributed by atoms with Gasteiger partial charge in [-0.1, -0.05) is 11.6 Å². The highest BCUT2D eigenvalue weighted by Crippen LogP contribution is 2.41. The number of hydrogen-bond acceptors (Lipinski definition) is 1. The second-order valence-electron chi connectivity index (χ2n) is 2.22. The molecule has 1 aromatic carbocycles. The molecule has 7 heteroatoms. The van der Waals surface area contributed by atoms with Crippen molar-refractivity contribution >= 4 is 23.4 Å². The highest BCUT2D eigenvalue weighted by Gasteiger charge is 2.31. The van der Waals surface area contributed by atoms with Gasteiger partial charge in [-0.25, -0.2) is 8.78 Å². The lowest BCUT2D eigenvalue weighted by molar-refractivity contribution is -0.0328. The van der Waals surface area contributed by atoms with E-state index in [4.69, 9.17) is 11.6 Å². The van der Waals surface area contributed by atoms with Crippen LogP contribution in [-0.4, -0.2) is 5.51 Å². The van der Waals surface area contributed by atoms with Crippen molar-refractivity contribution in [1.29, 1.82) is 0 Å². The third-order valence-corrected chi connectivity index (χ3v) is 2.50. The molecule has 0 fully saturated rings. The van der Waals surface area contributed by atoms with Crippen LogP contribution in [0.5, 0.6) is 0 Å². The summed E-state index contributed by atoms with van der Waals surface area (Å²) in [4.78, 5) is -0.557. The fourth-order valence-corrected chi connectivity index (χ4v) is 1.55. The van der Waals surface area contributed by atoms with Gasteiger partial charge >= 0.3 is 5.51 Å². The highest BCUT2D eigenvalue weighted by molar-refractivity contribution is 8.00. The standard InChI is InChI=1S/C7H2ClF5S/c8-5-4(14-7(11,12)13)2-1-3(9)6(5)10/h1-2H. The molecule has 0 N–H and O–H groups in total. The first-order valence-corrected chi connectivity index (χ1v) is 4.40. The number of alkyl halides is 3. The highest BCUT2D eigenvalue weighted by atomic mass is 35.5. The molecule has 0 aliphatic carbocycles. The van der Waals surface area contributed by atoms with Crippen LogP contribution in [0.4, 0.5) is 22.0 Å². The minimum atomic E-state index is -4.58. The van der Waals surface area contributed by atoms with Gasteiger partial charge in [-0.2, -0.15) is 13.2 Å².